The number of carboxylic acid groups (broad SMARTS) is 1. The van der Waals surface area contributed by atoms with Crippen molar-refractivity contribution in [1.29, 1.82) is 0 Å². The summed E-state index contributed by atoms with van der Waals surface area (Å²) in [4.78, 5) is 35.2. The van der Waals surface area contributed by atoms with Crippen molar-refractivity contribution in [1.82, 2.24) is 5.32 Å². The highest BCUT2D eigenvalue weighted by Gasteiger charge is 2.40. The van der Waals surface area contributed by atoms with Crippen molar-refractivity contribution in [2.24, 2.45) is 5.92 Å². The monoisotopic (exact) mass is 316 g/mol. The molecule has 0 heterocycles. The maximum Gasteiger partial charge on any atom is 0.305 e. The summed E-state index contributed by atoms with van der Waals surface area (Å²) >= 11 is 0. The number of hydrogen-bond acceptors (Lipinski definition) is 3. The van der Waals surface area contributed by atoms with E-state index in [-0.39, 0.29) is 24.2 Å². The Labute approximate surface area is 134 Å². The summed E-state index contributed by atoms with van der Waals surface area (Å²) < 4.78 is 0. The molecule has 0 radical (unpaired) electrons. The summed E-state index contributed by atoms with van der Waals surface area (Å²) in [5.74, 6) is -1.12. The van der Waals surface area contributed by atoms with Crippen LogP contribution in [0.1, 0.15) is 48.9 Å². The second kappa shape index (κ2) is 6.02. The molecule has 3 N–H and O–H groups in total. The van der Waals surface area contributed by atoms with E-state index in [4.69, 9.17) is 5.11 Å². The second-order valence-electron chi connectivity index (χ2n) is 6.50. The zero-order valence-corrected chi connectivity index (χ0v) is 12.8. The van der Waals surface area contributed by atoms with Gasteiger partial charge in [0.15, 0.2) is 0 Å². The van der Waals surface area contributed by atoms with E-state index in [1.807, 2.05) is 0 Å². The van der Waals surface area contributed by atoms with E-state index in [9.17, 15) is 14.4 Å². The average Bonchev–Trinajstić information content (AvgIpc) is 3.29. The van der Waals surface area contributed by atoms with Crippen LogP contribution >= 0.6 is 0 Å². The molecule has 0 unspecified atom stereocenters. The summed E-state index contributed by atoms with van der Waals surface area (Å²) in [5, 5.41) is 14.7. The molecule has 0 bridgehead atoms. The third-order valence-corrected chi connectivity index (χ3v) is 4.52. The fourth-order valence-corrected chi connectivity index (χ4v) is 2.88. The summed E-state index contributed by atoms with van der Waals surface area (Å²) in [5.41, 5.74) is 0.390. The number of hydrogen-bond donors (Lipinski definition) is 3. The standard InChI is InChI=1S/C17H20N2O4/c20-14(21)10-17(7-2-8-17)19-16(23)12-3-1-4-13(9-12)18-15(22)11-5-6-11/h1,3-4,9,11H,2,5-8,10H2,(H,18,22)(H,19,23)(H,20,21). The smallest absolute Gasteiger partial charge is 0.305 e. The molecule has 0 spiro atoms. The van der Waals surface area contributed by atoms with Crippen LogP contribution in [0.5, 0.6) is 0 Å². The van der Waals surface area contributed by atoms with Crippen LogP contribution in [0.4, 0.5) is 5.69 Å². The van der Waals surface area contributed by atoms with E-state index in [1.54, 1.807) is 24.3 Å². The van der Waals surface area contributed by atoms with Crippen LogP contribution in [0.25, 0.3) is 0 Å². The molecule has 0 atom stereocenters. The maximum absolute atomic E-state index is 12.4. The van der Waals surface area contributed by atoms with Gasteiger partial charge in [-0.05, 0) is 50.3 Å². The molecule has 3 rings (SSSR count). The van der Waals surface area contributed by atoms with Gasteiger partial charge in [0.05, 0.1) is 12.0 Å². The van der Waals surface area contributed by atoms with E-state index >= 15 is 0 Å². The number of benzene rings is 1. The van der Waals surface area contributed by atoms with E-state index in [0.717, 1.165) is 19.3 Å². The van der Waals surface area contributed by atoms with Gasteiger partial charge in [-0.1, -0.05) is 6.07 Å². The highest BCUT2D eigenvalue weighted by atomic mass is 16.4. The molecule has 1 aromatic carbocycles. The molecule has 6 nitrogen and oxygen atoms in total. The lowest BCUT2D eigenvalue weighted by Gasteiger charge is -2.41. The highest BCUT2D eigenvalue weighted by molar-refractivity contribution is 5.98. The summed E-state index contributed by atoms with van der Waals surface area (Å²) in [7, 11) is 0. The largest absolute Gasteiger partial charge is 0.481 e. The molecule has 0 aliphatic heterocycles. The third kappa shape index (κ3) is 3.70. The van der Waals surface area contributed by atoms with E-state index < -0.39 is 11.5 Å². The zero-order chi connectivity index (χ0) is 16.4. The predicted molar refractivity (Wildman–Crippen MR) is 84.1 cm³/mol. The Bertz CT molecular complexity index is 648. The Hall–Kier alpha value is -2.37. The van der Waals surface area contributed by atoms with Gasteiger partial charge in [-0.15, -0.1) is 0 Å². The van der Waals surface area contributed by atoms with Gasteiger partial charge in [0, 0.05) is 17.2 Å². The van der Waals surface area contributed by atoms with Gasteiger partial charge < -0.3 is 15.7 Å². The van der Waals surface area contributed by atoms with Gasteiger partial charge in [-0.2, -0.15) is 0 Å². The number of carboxylic acids is 1. The maximum atomic E-state index is 12.4. The molecule has 2 aliphatic rings. The molecule has 0 aromatic heterocycles. The number of carbonyl (C=O) groups excluding carboxylic acids is 2. The first-order valence-electron chi connectivity index (χ1n) is 7.93. The van der Waals surface area contributed by atoms with Crippen molar-refractivity contribution in [3.8, 4) is 0 Å². The number of carbonyl (C=O) groups is 3. The number of nitrogens with one attached hydrogen (secondary N) is 2. The lowest BCUT2D eigenvalue weighted by atomic mass is 9.74. The Morgan fingerprint density at radius 3 is 2.52 bits per heavy atom. The highest BCUT2D eigenvalue weighted by Crippen LogP contribution is 2.35. The number of amides is 2. The first kappa shape index (κ1) is 15.5. The van der Waals surface area contributed by atoms with Gasteiger partial charge >= 0.3 is 5.97 Å². The average molecular weight is 316 g/mol. The minimum absolute atomic E-state index is 0.0103. The van der Waals surface area contributed by atoms with E-state index in [0.29, 0.717) is 24.1 Å². The minimum atomic E-state index is -0.907. The van der Waals surface area contributed by atoms with Crippen LogP contribution in [0.2, 0.25) is 0 Å². The topological polar surface area (TPSA) is 95.5 Å². The summed E-state index contributed by atoms with van der Waals surface area (Å²) in [6.07, 6.45) is 4.07. The van der Waals surface area contributed by atoms with Crippen LogP contribution < -0.4 is 10.6 Å². The van der Waals surface area contributed by atoms with Crippen LogP contribution in [0, 0.1) is 5.92 Å². The van der Waals surface area contributed by atoms with Gasteiger partial charge in [0.2, 0.25) is 5.91 Å². The van der Waals surface area contributed by atoms with Crippen LogP contribution in [-0.4, -0.2) is 28.4 Å². The molecule has 2 fully saturated rings. The Morgan fingerprint density at radius 1 is 1.22 bits per heavy atom. The summed E-state index contributed by atoms with van der Waals surface area (Å²) in [6, 6.07) is 6.74. The molecule has 122 valence electrons. The predicted octanol–water partition coefficient (Wildman–Crippen LogP) is 2.16. The van der Waals surface area contributed by atoms with E-state index in [1.165, 1.54) is 0 Å². The summed E-state index contributed by atoms with van der Waals surface area (Å²) in [6.45, 7) is 0. The number of anilines is 1. The lowest BCUT2D eigenvalue weighted by molar-refractivity contribution is -0.139. The first-order valence-corrected chi connectivity index (χ1v) is 7.93. The quantitative estimate of drug-likeness (QED) is 0.749. The fourth-order valence-electron chi connectivity index (χ4n) is 2.88. The molecule has 23 heavy (non-hydrogen) atoms. The Balaban J connectivity index is 1.67. The SMILES string of the molecule is O=C(O)CC1(NC(=O)c2cccc(NC(=O)C3CC3)c2)CCC1. The van der Waals surface area contributed by atoms with E-state index in [2.05, 4.69) is 10.6 Å². The second-order valence-corrected chi connectivity index (χ2v) is 6.50. The van der Waals surface area contributed by atoms with Crippen molar-refractivity contribution in [2.45, 2.75) is 44.1 Å². The van der Waals surface area contributed by atoms with Crippen LogP contribution in [0.15, 0.2) is 24.3 Å². The zero-order valence-electron chi connectivity index (χ0n) is 12.8. The molecular formula is C17H20N2O4. The first-order chi connectivity index (χ1) is 11.0. The van der Waals surface area contributed by atoms with Gasteiger partial charge in [0.25, 0.3) is 5.91 Å². The molecule has 0 saturated heterocycles. The number of rotatable bonds is 6. The lowest BCUT2D eigenvalue weighted by Crippen LogP contribution is -2.54. The molecule has 6 heteroatoms. The van der Waals surface area contributed by atoms with Crippen molar-refractivity contribution in [3.05, 3.63) is 29.8 Å². The normalized spacial score (nSPS) is 18.6. The number of aliphatic carboxylic acids is 1. The molecular weight excluding hydrogens is 296 g/mol. The molecule has 2 amide bonds. The van der Waals surface area contributed by atoms with Crippen LogP contribution in [0.3, 0.4) is 0 Å². The minimum Gasteiger partial charge on any atom is -0.481 e. The third-order valence-electron chi connectivity index (χ3n) is 4.52. The fraction of sp³-hybridized carbons (Fsp3) is 0.471. The van der Waals surface area contributed by atoms with Gasteiger partial charge in [-0.25, -0.2) is 0 Å². The van der Waals surface area contributed by atoms with Gasteiger partial charge in [-0.3, -0.25) is 14.4 Å². The van der Waals surface area contributed by atoms with Crippen molar-refractivity contribution in [2.75, 3.05) is 5.32 Å². The molecule has 2 aliphatic carbocycles. The Morgan fingerprint density at radius 2 is 1.96 bits per heavy atom. The van der Waals surface area contributed by atoms with Crippen molar-refractivity contribution >= 4 is 23.5 Å². The molecule has 1 aromatic rings. The van der Waals surface area contributed by atoms with Crippen molar-refractivity contribution < 1.29 is 19.5 Å². The van der Waals surface area contributed by atoms with Crippen molar-refractivity contribution in [3.63, 3.8) is 0 Å². The van der Waals surface area contributed by atoms with Crippen LogP contribution in [-0.2, 0) is 9.59 Å². The van der Waals surface area contributed by atoms with Gasteiger partial charge in [0.1, 0.15) is 0 Å². The molecule has 2 saturated carbocycles. The Kier molecular flexibility index (Phi) is 4.07.